The number of carbonyl (C=O) groups excluding carboxylic acids is 1. The molecule has 9 heteroatoms. The standard InChI is InChI=1S/C25H26ClFN6O/c1-25(26)9-3-2-4-20(25)31-12-14-32(15-13-31)22(34)17-29-24-23(18-5-7-19(27)8-6-18)30-21-16-28-10-11-33(21)24/h2-11,16,20,29H,12-15,17H2,1H3. The average molecular weight is 481 g/mol. The van der Waals surface area contributed by atoms with Gasteiger partial charge in [0.25, 0.3) is 0 Å². The van der Waals surface area contributed by atoms with Crippen LogP contribution in [0.25, 0.3) is 16.9 Å². The molecule has 2 aromatic heterocycles. The van der Waals surface area contributed by atoms with Crippen molar-refractivity contribution in [3.63, 3.8) is 0 Å². The number of nitrogens with zero attached hydrogens (tertiary/aromatic N) is 5. The number of alkyl halides is 1. The van der Waals surface area contributed by atoms with E-state index in [1.807, 2.05) is 34.5 Å². The van der Waals surface area contributed by atoms with E-state index in [4.69, 9.17) is 11.6 Å². The fourth-order valence-corrected chi connectivity index (χ4v) is 4.87. The molecule has 2 atom stereocenters. The molecule has 0 spiro atoms. The molecule has 0 bridgehead atoms. The Morgan fingerprint density at radius 2 is 1.97 bits per heavy atom. The summed E-state index contributed by atoms with van der Waals surface area (Å²) in [5.74, 6) is 0.377. The summed E-state index contributed by atoms with van der Waals surface area (Å²) in [7, 11) is 0. The first-order valence-electron chi connectivity index (χ1n) is 11.3. The number of amides is 1. The number of allylic oxidation sites excluding steroid dienone is 2. The fraction of sp³-hybridized carbons (Fsp3) is 0.320. The van der Waals surface area contributed by atoms with Gasteiger partial charge in [0.05, 0.1) is 23.7 Å². The van der Waals surface area contributed by atoms with E-state index in [2.05, 4.69) is 26.3 Å². The van der Waals surface area contributed by atoms with E-state index in [-0.39, 0.29) is 24.3 Å². The van der Waals surface area contributed by atoms with Gasteiger partial charge in [-0.05, 0) is 31.2 Å². The third kappa shape index (κ3) is 4.43. The number of piperazine rings is 1. The van der Waals surface area contributed by atoms with Crippen LogP contribution in [0.5, 0.6) is 0 Å². The summed E-state index contributed by atoms with van der Waals surface area (Å²) < 4.78 is 15.3. The lowest BCUT2D eigenvalue weighted by Gasteiger charge is -2.43. The van der Waals surface area contributed by atoms with Gasteiger partial charge < -0.3 is 10.2 Å². The largest absolute Gasteiger partial charge is 0.360 e. The first-order chi connectivity index (χ1) is 16.4. The molecule has 0 saturated carbocycles. The average Bonchev–Trinajstić information content (AvgIpc) is 3.21. The number of anilines is 1. The Hall–Kier alpha value is -3.23. The van der Waals surface area contributed by atoms with Crippen LogP contribution in [0.15, 0.2) is 67.2 Å². The quantitative estimate of drug-likeness (QED) is 0.565. The normalized spacial score (nSPS) is 22.9. The number of halogens is 2. The predicted molar refractivity (Wildman–Crippen MR) is 131 cm³/mol. The topological polar surface area (TPSA) is 65.8 Å². The van der Waals surface area contributed by atoms with E-state index in [9.17, 15) is 9.18 Å². The maximum Gasteiger partial charge on any atom is 0.242 e. The van der Waals surface area contributed by atoms with E-state index in [1.54, 1.807) is 30.7 Å². The molecule has 0 radical (unpaired) electrons. The molecule has 1 amide bonds. The first kappa shape index (κ1) is 22.6. The second-order valence-corrected chi connectivity index (χ2v) is 9.55. The van der Waals surface area contributed by atoms with Crippen LogP contribution in [-0.2, 0) is 4.79 Å². The van der Waals surface area contributed by atoms with Gasteiger partial charge in [-0.1, -0.05) is 24.3 Å². The molecule has 3 heterocycles. The second kappa shape index (κ2) is 9.19. The van der Waals surface area contributed by atoms with Crippen LogP contribution in [0, 0.1) is 5.82 Å². The Kier molecular flexibility index (Phi) is 6.10. The maximum atomic E-state index is 13.4. The summed E-state index contributed by atoms with van der Waals surface area (Å²) in [4.78, 5) is 25.6. The van der Waals surface area contributed by atoms with Crippen LogP contribution in [0.2, 0.25) is 0 Å². The van der Waals surface area contributed by atoms with Crippen molar-refractivity contribution in [3.05, 3.63) is 73.0 Å². The highest BCUT2D eigenvalue weighted by molar-refractivity contribution is 6.25. The van der Waals surface area contributed by atoms with Crippen molar-refractivity contribution < 1.29 is 9.18 Å². The highest BCUT2D eigenvalue weighted by Crippen LogP contribution is 2.31. The number of benzene rings is 1. The molecular weight excluding hydrogens is 455 g/mol. The minimum Gasteiger partial charge on any atom is -0.360 e. The lowest BCUT2D eigenvalue weighted by Crippen LogP contribution is -2.56. The summed E-state index contributed by atoms with van der Waals surface area (Å²) in [6.45, 7) is 4.96. The third-order valence-electron chi connectivity index (χ3n) is 6.42. The number of carbonyl (C=O) groups is 1. The van der Waals surface area contributed by atoms with Crippen molar-refractivity contribution in [3.8, 4) is 11.3 Å². The zero-order chi connectivity index (χ0) is 23.7. The first-order valence-corrected chi connectivity index (χ1v) is 11.7. The van der Waals surface area contributed by atoms with Crippen molar-refractivity contribution in [2.24, 2.45) is 0 Å². The summed E-state index contributed by atoms with van der Waals surface area (Å²) in [5.41, 5.74) is 2.04. The van der Waals surface area contributed by atoms with Gasteiger partial charge in [-0.2, -0.15) is 0 Å². The number of aromatic nitrogens is 3. The third-order valence-corrected chi connectivity index (χ3v) is 6.77. The molecule has 2 aliphatic rings. The molecule has 3 aromatic rings. The monoisotopic (exact) mass is 480 g/mol. The number of hydrogen-bond donors (Lipinski definition) is 1. The summed E-state index contributed by atoms with van der Waals surface area (Å²) in [6, 6.07) is 6.26. The number of hydrogen-bond acceptors (Lipinski definition) is 5. The van der Waals surface area contributed by atoms with Gasteiger partial charge in [-0.15, -0.1) is 11.6 Å². The Labute approximate surface area is 202 Å². The van der Waals surface area contributed by atoms with Gasteiger partial charge in [0.15, 0.2) is 5.65 Å². The molecule has 1 saturated heterocycles. The second-order valence-electron chi connectivity index (χ2n) is 8.73. The van der Waals surface area contributed by atoms with Gasteiger partial charge >= 0.3 is 0 Å². The zero-order valence-electron chi connectivity index (χ0n) is 18.9. The van der Waals surface area contributed by atoms with Crippen molar-refractivity contribution in [1.29, 1.82) is 0 Å². The van der Waals surface area contributed by atoms with Crippen LogP contribution in [0.1, 0.15) is 6.92 Å². The van der Waals surface area contributed by atoms with Crippen LogP contribution in [-0.4, -0.2) is 73.7 Å². The molecule has 7 nitrogen and oxygen atoms in total. The molecule has 5 rings (SSSR count). The minimum absolute atomic E-state index is 0.0152. The predicted octanol–water partition coefficient (Wildman–Crippen LogP) is 3.58. The highest BCUT2D eigenvalue weighted by atomic mass is 35.5. The molecule has 2 unspecified atom stereocenters. The number of nitrogens with one attached hydrogen (secondary N) is 1. The lowest BCUT2D eigenvalue weighted by molar-refractivity contribution is -0.131. The van der Waals surface area contributed by atoms with E-state index < -0.39 is 4.87 Å². The molecule has 1 N–H and O–H groups in total. The number of rotatable bonds is 5. The van der Waals surface area contributed by atoms with Gasteiger partial charge in [-0.3, -0.25) is 19.1 Å². The van der Waals surface area contributed by atoms with Crippen molar-refractivity contribution in [1.82, 2.24) is 24.2 Å². The number of imidazole rings is 1. The Balaban J connectivity index is 1.27. The summed E-state index contributed by atoms with van der Waals surface area (Å²) >= 11 is 6.70. The minimum atomic E-state index is -0.447. The van der Waals surface area contributed by atoms with E-state index >= 15 is 0 Å². The molecular formula is C25H26ClFN6O. The van der Waals surface area contributed by atoms with E-state index in [1.165, 1.54) is 12.1 Å². The van der Waals surface area contributed by atoms with E-state index in [0.29, 0.717) is 30.2 Å². The lowest BCUT2D eigenvalue weighted by atomic mass is 9.94. The van der Waals surface area contributed by atoms with Gasteiger partial charge in [0, 0.05) is 44.1 Å². The number of fused-ring (bicyclic) bond motifs is 1. The Bertz CT molecular complexity index is 1240. The SMILES string of the molecule is CC1(Cl)C=CC=CC1N1CCN(C(=O)CNc2c(-c3ccc(F)cc3)nc3cnccn23)CC1. The molecule has 176 valence electrons. The van der Waals surface area contributed by atoms with Gasteiger partial charge in [-0.25, -0.2) is 9.37 Å². The van der Waals surface area contributed by atoms with Crippen molar-refractivity contribution >= 4 is 29.0 Å². The Morgan fingerprint density at radius 1 is 1.21 bits per heavy atom. The highest BCUT2D eigenvalue weighted by Gasteiger charge is 2.35. The van der Waals surface area contributed by atoms with Crippen LogP contribution >= 0.6 is 11.6 Å². The van der Waals surface area contributed by atoms with Crippen LogP contribution < -0.4 is 5.32 Å². The zero-order valence-corrected chi connectivity index (χ0v) is 19.6. The maximum absolute atomic E-state index is 13.4. The molecule has 1 aromatic carbocycles. The van der Waals surface area contributed by atoms with E-state index in [0.717, 1.165) is 18.7 Å². The van der Waals surface area contributed by atoms with Crippen LogP contribution in [0.4, 0.5) is 10.2 Å². The van der Waals surface area contributed by atoms with Crippen LogP contribution in [0.3, 0.4) is 0 Å². The molecule has 34 heavy (non-hydrogen) atoms. The fourth-order valence-electron chi connectivity index (χ4n) is 4.58. The summed E-state index contributed by atoms with van der Waals surface area (Å²) in [6.07, 6.45) is 13.3. The molecule has 1 aliphatic carbocycles. The van der Waals surface area contributed by atoms with Crippen molar-refractivity contribution in [2.45, 2.75) is 17.8 Å². The smallest absolute Gasteiger partial charge is 0.242 e. The summed E-state index contributed by atoms with van der Waals surface area (Å²) in [5, 5.41) is 3.27. The van der Waals surface area contributed by atoms with Gasteiger partial charge in [0.2, 0.25) is 5.91 Å². The van der Waals surface area contributed by atoms with Gasteiger partial charge in [0.1, 0.15) is 17.3 Å². The Morgan fingerprint density at radius 3 is 2.71 bits per heavy atom. The molecule has 1 aliphatic heterocycles. The van der Waals surface area contributed by atoms with Crippen molar-refractivity contribution in [2.75, 3.05) is 38.0 Å². The molecule has 1 fully saturated rings.